The first-order valence-electron chi connectivity index (χ1n) is 5.06. The van der Waals surface area contributed by atoms with Crippen LogP contribution in [0.5, 0.6) is 0 Å². The molecule has 4 heteroatoms. The zero-order valence-electron chi connectivity index (χ0n) is 9.26. The van der Waals surface area contributed by atoms with Gasteiger partial charge < -0.3 is 14.8 Å². The summed E-state index contributed by atoms with van der Waals surface area (Å²) in [5.74, 6) is 4.72. The molecule has 0 spiro atoms. The van der Waals surface area contributed by atoms with E-state index in [-0.39, 0.29) is 11.5 Å². The lowest BCUT2D eigenvalue weighted by molar-refractivity contribution is -0.118. The third-order valence-electron chi connectivity index (χ3n) is 2.40. The number of hydrogen-bond donors (Lipinski definition) is 1. The van der Waals surface area contributed by atoms with Crippen LogP contribution in [0.3, 0.4) is 0 Å². The van der Waals surface area contributed by atoms with E-state index < -0.39 is 0 Å². The van der Waals surface area contributed by atoms with Gasteiger partial charge in [-0.15, -0.1) is 0 Å². The van der Waals surface area contributed by atoms with Crippen LogP contribution in [0.15, 0.2) is 0 Å². The van der Waals surface area contributed by atoms with Gasteiger partial charge in [0.1, 0.15) is 5.60 Å². The number of methoxy groups -OCH3 is 1. The number of amides is 1. The number of carbonyl (C=O) groups is 1. The zero-order valence-corrected chi connectivity index (χ0v) is 9.26. The van der Waals surface area contributed by atoms with Crippen molar-refractivity contribution in [3.63, 3.8) is 0 Å². The van der Waals surface area contributed by atoms with Gasteiger partial charge >= 0.3 is 0 Å². The second-order valence-corrected chi connectivity index (χ2v) is 3.63. The van der Waals surface area contributed by atoms with E-state index in [1.54, 1.807) is 14.0 Å². The lowest BCUT2D eigenvalue weighted by Crippen LogP contribution is -2.45. The second-order valence-electron chi connectivity index (χ2n) is 3.63. The molecule has 1 aliphatic heterocycles. The average molecular weight is 211 g/mol. The Balaban J connectivity index is 2.44. The van der Waals surface area contributed by atoms with E-state index in [2.05, 4.69) is 17.2 Å². The van der Waals surface area contributed by atoms with Crippen LogP contribution in [0.1, 0.15) is 19.8 Å². The Hall–Kier alpha value is -1.05. The largest absolute Gasteiger partial charge is 0.382 e. The van der Waals surface area contributed by atoms with Gasteiger partial charge in [-0.3, -0.25) is 4.79 Å². The molecular weight excluding hydrogens is 194 g/mol. The van der Waals surface area contributed by atoms with Crippen molar-refractivity contribution in [1.82, 2.24) is 5.32 Å². The van der Waals surface area contributed by atoms with E-state index in [1.807, 2.05) is 0 Å². The van der Waals surface area contributed by atoms with E-state index in [9.17, 15) is 4.79 Å². The standard InChI is InChI=1S/C11H17NO3/c1-3-5-10(13)12-8-11(9-14-2)6-4-7-15-11/h4,6-9H2,1-2H3,(H,12,13). The van der Waals surface area contributed by atoms with Crippen molar-refractivity contribution >= 4 is 5.91 Å². The topological polar surface area (TPSA) is 47.6 Å². The maximum atomic E-state index is 11.2. The second kappa shape index (κ2) is 5.74. The lowest BCUT2D eigenvalue weighted by atomic mass is 10.0. The van der Waals surface area contributed by atoms with Crippen molar-refractivity contribution in [3.8, 4) is 11.8 Å². The van der Waals surface area contributed by atoms with Crippen LogP contribution in [-0.2, 0) is 14.3 Å². The molecule has 1 fully saturated rings. The number of nitrogens with one attached hydrogen (secondary N) is 1. The molecule has 1 aliphatic rings. The Bertz CT molecular complexity index is 271. The van der Waals surface area contributed by atoms with Crippen molar-refractivity contribution in [2.75, 3.05) is 26.9 Å². The normalized spacial score (nSPS) is 24.4. The molecule has 1 N–H and O–H groups in total. The van der Waals surface area contributed by atoms with Gasteiger partial charge in [0.05, 0.1) is 6.61 Å². The average Bonchev–Trinajstić information content (AvgIpc) is 2.65. The predicted molar refractivity (Wildman–Crippen MR) is 56.3 cm³/mol. The van der Waals surface area contributed by atoms with Crippen LogP contribution in [0.4, 0.5) is 0 Å². The first-order chi connectivity index (χ1) is 7.22. The Kier molecular flexibility index (Phi) is 4.60. The SMILES string of the molecule is CC#CC(=O)NCC1(COC)CCCO1. The molecule has 4 nitrogen and oxygen atoms in total. The molecule has 0 aromatic heterocycles. The molecule has 1 rings (SSSR count). The van der Waals surface area contributed by atoms with Gasteiger partial charge in [-0.2, -0.15) is 0 Å². The van der Waals surface area contributed by atoms with E-state index >= 15 is 0 Å². The van der Waals surface area contributed by atoms with Crippen LogP contribution in [0.2, 0.25) is 0 Å². The van der Waals surface area contributed by atoms with Gasteiger partial charge in [0.2, 0.25) is 0 Å². The molecular formula is C11H17NO3. The number of hydrogen-bond acceptors (Lipinski definition) is 3. The van der Waals surface area contributed by atoms with E-state index in [0.717, 1.165) is 19.4 Å². The monoisotopic (exact) mass is 211 g/mol. The third kappa shape index (κ3) is 3.54. The smallest absolute Gasteiger partial charge is 0.295 e. The fourth-order valence-corrected chi connectivity index (χ4v) is 1.72. The molecule has 1 unspecified atom stereocenters. The highest BCUT2D eigenvalue weighted by Crippen LogP contribution is 2.25. The number of ether oxygens (including phenoxy) is 2. The molecule has 0 aliphatic carbocycles. The summed E-state index contributed by atoms with van der Waals surface area (Å²) in [5.41, 5.74) is -0.347. The van der Waals surface area contributed by atoms with Crippen molar-refractivity contribution in [1.29, 1.82) is 0 Å². The van der Waals surface area contributed by atoms with E-state index in [4.69, 9.17) is 9.47 Å². The van der Waals surface area contributed by atoms with Gasteiger partial charge in [-0.05, 0) is 25.7 Å². The summed E-state index contributed by atoms with van der Waals surface area (Å²) in [6.45, 7) is 3.34. The van der Waals surface area contributed by atoms with Crippen LogP contribution >= 0.6 is 0 Å². The van der Waals surface area contributed by atoms with Gasteiger partial charge in [0, 0.05) is 20.3 Å². The van der Waals surface area contributed by atoms with E-state index in [1.165, 1.54) is 0 Å². The molecule has 15 heavy (non-hydrogen) atoms. The van der Waals surface area contributed by atoms with Gasteiger partial charge in [-0.25, -0.2) is 0 Å². The van der Waals surface area contributed by atoms with Crippen LogP contribution in [0.25, 0.3) is 0 Å². The van der Waals surface area contributed by atoms with E-state index in [0.29, 0.717) is 13.2 Å². The summed E-state index contributed by atoms with van der Waals surface area (Å²) in [5, 5.41) is 2.73. The zero-order chi connectivity index (χ0) is 11.1. The number of rotatable bonds is 4. The summed E-state index contributed by atoms with van der Waals surface area (Å²) in [6.07, 6.45) is 1.93. The minimum atomic E-state index is -0.347. The summed E-state index contributed by atoms with van der Waals surface area (Å²) < 4.78 is 10.7. The van der Waals surface area contributed by atoms with Gasteiger partial charge in [0.25, 0.3) is 5.91 Å². The summed E-state index contributed by atoms with van der Waals surface area (Å²) in [7, 11) is 1.64. The predicted octanol–water partition coefficient (Wildman–Crippen LogP) is 0.321. The molecule has 1 amide bonds. The van der Waals surface area contributed by atoms with Gasteiger partial charge in [-0.1, -0.05) is 5.92 Å². The molecule has 0 bridgehead atoms. The maximum absolute atomic E-state index is 11.2. The molecule has 0 aromatic rings. The minimum Gasteiger partial charge on any atom is -0.382 e. The highest BCUT2D eigenvalue weighted by Gasteiger charge is 2.35. The number of carbonyl (C=O) groups excluding carboxylic acids is 1. The molecule has 0 saturated carbocycles. The summed E-state index contributed by atoms with van der Waals surface area (Å²) >= 11 is 0. The highest BCUT2D eigenvalue weighted by atomic mass is 16.5. The Morgan fingerprint density at radius 2 is 2.47 bits per heavy atom. The first kappa shape index (κ1) is 12.0. The van der Waals surface area contributed by atoms with Crippen LogP contribution in [-0.4, -0.2) is 38.4 Å². The van der Waals surface area contributed by atoms with Gasteiger partial charge in [0.15, 0.2) is 0 Å². The minimum absolute atomic E-state index is 0.261. The fraction of sp³-hybridized carbons (Fsp3) is 0.727. The lowest BCUT2D eigenvalue weighted by Gasteiger charge is -2.27. The maximum Gasteiger partial charge on any atom is 0.295 e. The Labute approximate surface area is 90.3 Å². The van der Waals surface area contributed by atoms with Crippen molar-refractivity contribution in [3.05, 3.63) is 0 Å². The van der Waals surface area contributed by atoms with Crippen LogP contribution in [0, 0.1) is 11.8 Å². The highest BCUT2D eigenvalue weighted by molar-refractivity contribution is 5.93. The molecule has 1 saturated heterocycles. The Morgan fingerprint density at radius 1 is 1.67 bits per heavy atom. The summed E-state index contributed by atoms with van der Waals surface area (Å²) in [6, 6.07) is 0. The molecule has 0 radical (unpaired) electrons. The fourth-order valence-electron chi connectivity index (χ4n) is 1.72. The quantitative estimate of drug-likeness (QED) is 0.681. The van der Waals surface area contributed by atoms with Crippen LogP contribution < -0.4 is 5.32 Å². The first-order valence-corrected chi connectivity index (χ1v) is 5.06. The molecule has 1 atom stereocenters. The Morgan fingerprint density at radius 3 is 3.00 bits per heavy atom. The third-order valence-corrected chi connectivity index (χ3v) is 2.40. The van der Waals surface area contributed by atoms with Crippen molar-refractivity contribution in [2.24, 2.45) is 0 Å². The molecule has 84 valence electrons. The van der Waals surface area contributed by atoms with Crippen molar-refractivity contribution in [2.45, 2.75) is 25.4 Å². The molecule has 1 heterocycles. The molecule has 0 aromatic carbocycles. The summed E-state index contributed by atoms with van der Waals surface area (Å²) in [4.78, 5) is 11.2. The van der Waals surface area contributed by atoms with Crippen molar-refractivity contribution < 1.29 is 14.3 Å².